The van der Waals surface area contributed by atoms with Crippen LogP contribution < -0.4 is 0 Å². The van der Waals surface area contributed by atoms with Crippen molar-refractivity contribution < 1.29 is 9.59 Å². The first kappa shape index (κ1) is 18.0. The summed E-state index contributed by atoms with van der Waals surface area (Å²) in [4.78, 5) is 34.6. The van der Waals surface area contributed by atoms with Crippen LogP contribution in [0, 0.1) is 13.8 Å². The predicted octanol–water partition coefficient (Wildman–Crippen LogP) is 1.79. The molecule has 1 N–H and O–H groups in total. The third kappa shape index (κ3) is 4.42. The molecule has 0 spiro atoms. The number of hydrogen-bond donors (Lipinski definition) is 1. The van der Waals surface area contributed by atoms with Crippen molar-refractivity contribution in [1.29, 1.82) is 0 Å². The molecule has 3 heterocycles. The summed E-state index contributed by atoms with van der Waals surface area (Å²) >= 11 is 0. The SMILES string of the molecule is Cc1cc(C)c(C(=O)N2CCC(=O)N(CCN3CCCCC3)CC2)[nH]1. The Morgan fingerprint density at radius 1 is 1.04 bits per heavy atom. The summed E-state index contributed by atoms with van der Waals surface area (Å²) in [7, 11) is 0. The molecule has 1 aromatic rings. The maximum atomic E-state index is 12.8. The molecular formula is C19H30N4O2. The first-order valence-electron chi connectivity index (χ1n) is 9.50. The van der Waals surface area contributed by atoms with Crippen LogP contribution in [0.3, 0.4) is 0 Å². The number of hydrogen-bond acceptors (Lipinski definition) is 3. The van der Waals surface area contributed by atoms with Gasteiger partial charge in [0.2, 0.25) is 5.91 Å². The second kappa shape index (κ2) is 8.04. The van der Waals surface area contributed by atoms with Crippen molar-refractivity contribution >= 4 is 11.8 Å². The minimum Gasteiger partial charge on any atom is -0.354 e. The zero-order valence-corrected chi connectivity index (χ0v) is 15.5. The van der Waals surface area contributed by atoms with Crippen molar-refractivity contribution in [3.63, 3.8) is 0 Å². The lowest BCUT2D eigenvalue weighted by Gasteiger charge is -2.29. The lowest BCUT2D eigenvalue weighted by atomic mass is 10.1. The van der Waals surface area contributed by atoms with Gasteiger partial charge in [0, 0.05) is 44.8 Å². The topological polar surface area (TPSA) is 59.7 Å². The maximum absolute atomic E-state index is 12.8. The van der Waals surface area contributed by atoms with Gasteiger partial charge in [0.05, 0.1) is 0 Å². The van der Waals surface area contributed by atoms with E-state index < -0.39 is 0 Å². The summed E-state index contributed by atoms with van der Waals surface area (Å²) in [6.07, 6.45) is 4.29. The molecule has 0 unspecified atom stereocenters. The quantitative estimate of drug-likeness (QED) is 0.904. The Labute approximate surface area is 150 Å². The highest BCUT2D eigenvalue weighted by molar-refractivity contribution is 5.94. The van der Waals surface area contributed by atoms with Crippen LogP contribution in [0.15, 0.2) is 6.07 Å². The van der Waals surface area contributed by atoms with Gasteiger partial charge in [-0.25, -0.2) is 0 Å². The highest BCUT2D eigenvalue weighted by Crippen LogP contribution is 2.15. The van der Waals surface area contributed by atoms with Gasteiger partial charge in [-0.3, -0.25) is 9.59 Å². The second-order valence-corrected chi connectivity index (χ2v) is 7.34. The van der Waals surface area contributed by atoms with Crippen LogP contribution >= 0.6 is 0 Å². The lowest BCUT2D eigenvalue weighted by Crippen LogP contribution is -2.41. The molecule has 2 fully saturated rings. The van der Waals surface area contributed by atoms with Gasteiger partial charge in [0.25, 0.3) is 5.91 Å². The van der Waals surface area contributed by atoms with E-state index in [4.69, 9.17) is 0 Å². The summed E-state index contributed by atoms with van der Waals surface area (Å²) in [5.74, 6) is 0.183. The highest BCUT2D eigenvalue weighted by Gasteiger charge is 2.26. The summed E-state index contributed by atoms with van der Waals surface area (Å²) in [5, 5.41) is 0. The molecule has 2 amide bonds. The van der Waals surface area contributed by atoms with Crippen LogP contribution in [0.4, 0.5) is 0 Å². The first-order valence-corrected chi connectivity index (χ1v) is 9.50. The Morgan fingerprint density at radius 3 is 2.48 bits per heavy atom. The van der Waals surface area contributed by atoms with Gasteiger partial charge in [-0.2, -0.15) is 0 Å². The molecule has 138 valence electrons. The van der Waals surface area contributed by atoms with Crippen LogP contribution in [0.1, 0.15) is 47.4 Å². The van der Waals surface area contributed by atoms with E-state index in [2.05, 4.69) is 9.88 Å². The summed E-state index contributed by atoms with van der Waals surface area (Å²) in [6, 6.07) is 1.99. The van der Waals surface area contributed by atoms with Gasteiger partial charge in [-0.1, -0.05) is 6.42 Å². The number of nitrogens with one attached hydrogen (secondary N) is 1. The molecule has 2 aliphatic rings. The highest BCUT2D eigenvalue weighted by atomic mass is 16.2. The Kier molecular flexibility index (Phi) is 5.78. The average molecular weight is 346 g/mol. The fraction of sp³-hybridized carbons (Fsp3) is 0.684. The van der Waals surface area contributed by atoms with Crippen molar-refractivity contribution in [3.8, 4) is 0 Å². The average Bonchev–Trinajstić information content (AvgIpc) is 2.84. The van der Waals surface area contributed by atoms with Crippen molar-refractivity contribution in [3.05, 3.63) is 23.0 Å². The van der Waals surface area contributed by atoms with Crippen molar-refractivity contribution in [2.24, 2.45) is 0 Å². The molecule has 6 nitrogen and oxygen atoms in total. The second-order valence-electron chi connectivity index (χ2n) is 7.34. The fourth-order valence-corrected chi connectivity index (χ4v) is 3.86. The number of aromatic amines is 1. The summed E-state index contributed by atoms with van der Waals surface area (Å²) in [6.45, 7) is 9.70. The third-order valence-corrected chi connectivity index (χ3v) is 5.37. The minimum atomic E-state index is 0.0104. The monoisotopic (exact) mass is 346 g/mol. The Morgan fingerprint density at radius 2 is 1.80 bits per heavy atom. The minimum absolute atomic E-state index is 0.0104. The molecule has 0 radical (unpaired) electrons. The van der Waals surface area contributed by atoms with E-state index in [1.807, 2.05) is 29.7 Å². The zero-order chi connectivity index (χ0) is 17.8. The third-order valence-electron chi connectivity index (χ3n) is 5.37. The van der Waals surface area contributed by atoms with E-state index in [1.54, 1.807) is 0 Å². The Bertz CT molecular complexity index is 619. The predicted molar refractivity (Wildman–Crippen MR) is 97.7 cm³/mol. The molecular weight excluding hydrogens is 316 g/mol. The molecule has 2 saturated heterocycles. The number of nitrogens with zero attached hydrogens (tertiary/aromatic N) is 3. The van der Waals surface area contributed by atoms with E-state index in [1.165, 1.54) is 19.3 Å². The Balaban J connectivity index is 1.55. The number of carbonyl (C=O) groups is 2. The summed E-state index contributed by atoms with van der Waals surface area (Å²) in [5.41, 5.74) is 2.63. The van der Waals surface area contributed by atoms with Crippen LogP contribution in [-0.4, -0.2) is 77.3 Å². The molecule has 0 bridgehead atoms. The smallest absolute Gasteiger partial charge is 0.270 e. The molecule has 6 heteroatoms. The number of aryl methyl sites for hydroxylation is 2. The van der Waals surface area contributed by atoms with Gasteiger partial charge in [0.15, 0.2) is 0 Å². The molecule has 0 aliphatic carbocycles. The van der Waals surface area contributed by atoms with Gasteiger partial charge < -0.3 is 19.7 Å². The molecule has 25 heavy (non-hydrogen) atoms. The van der Waals surface area contributed by atoms with Crippen LogP contribution in [0.25, 0.3) is 0 Å². The molecule has 1 aromatic heterocycles. The molecule has 2 aliphatic heterocycles. The zero-order valence-electron chi connectivity index (χ0n) is 15.5. The van der Waals surface area contributed by atoms with Gasteiger partial charge in [-0.05, 0) is 51.4 Å². The summed E-state index contributed by atoms with van der Waals surface area (Å²) < 4.78 is 0. The number of piperidine rings is 1. The molecule has 3 rings (SSSR count). The largest absolute Gasteiger partial charge is 0.354 e. The van der Waals surface area contributed by atoms with Crippen LogP contribution in [0.2, 0.25) is 0 Å². The van der Waals surface area contributed by atoms with E-state index in [9.17, 15) is 9.59 Å². The lowest BCUT2D eigenvalue weighted by molar-refractivity contribution is -0.130. The van der Waals surface area contributed by atoms with Gasteiger partial charge in [-0.15, -0.1) is 0 Å². The number of H-pyrrole nitrogens is 1. The van der Waals surface area contributed by atoms with Crippen LogP contribution in [-0.2, 0) is 4.79 Å². The van der Waals surface area contributed by atoms with Gasteiger partial charge in [0.1, 0.15) is 5.69 Å². The standard InChI is InChI=1S/C19H30N4O2/c1-15-14-16(2)20-18(15)19(25)23-9-6-17(24)22(12-13-23)11-10-21-7-4-3-5-8-21/h14,20H,3-13H2,1-2H3. The Hall–Kier alpha value is -1.82. The van der Waals surface area contributed by atoms with Crippen LogP contribution in [0.5, 0.6) is 0 Å². The van der Waals surface area contributed by atoms with Gasteiger partial charge >= 0.3 is 0 Å². The molecule has 0 saturated carbocycles. The maximum Gasteiger partial charge on any atom is 0.270 e. The molecule has 0 atom stereocenters. The number of carbonyl (C=O) groups excluding carboxylic acids is 2. The fourth-order valence-electron chi connectivity index (χ4n) is 3.86. The van der Waals surface area contributed by atoms with Crippen molar-refractivity contribution in [2.75, 3.05) is 45.8 Å². The number of likely N-dealkylation sites (tertiary alicyclic amines) is 1. The van der Waals surface area contributed by atoms with E-state index in [-0.39, 0.29) is 11.8 Å². The first-order chi connectivity index (χ1) is 12.0. The van der Waals surface area contributed by atoms with E-state index >= 15 is 0 Å². The normalized spacial score (nSPS) is 20.0. The molecule has 0 aromatic carbocycles. The number of aromatic nitrogens is 1. The number of amides is 2. The van der Waals surface area contributed by atoms with Crippen molar-refractivity contribution in [1.82, 2.24) is 19.7 Å². The van der Waals surface area contributed by atoms with Crippen molar-refractivity contribution in [2.45, 2.75) is 39.5 Å². The van der Waals surface area contributed by atoms with E-state index in [0.29, 0.717) is 31.7 Å². The number of rotatable bonds is 4. The van der Waals surface area contributed by atoms with E-state index in [0.717, 1.165) is 37.4 Å².